The van der Waals surface area contributed by atoms with Crippen LogP contribution < -0.4 is 10.9 Å². The first-order valence-electron chi connectivity index (χ1n) is 7.63. The summed E-state index contributed by atoms with van der Waals surface area (Å²) < 4.78 is 1.22. The Kier molecular flexibility index (Phi) is 4.20. The van der Waals surface area contributed by atoms with Crippen LogP contribution in [0, 0.1) is 0 Å². The number of benzene rings is 1. The predicted octanol–water partition coefficient (Wildman–Crippen LogP) is 0.759. The highest BCUT2D eigenvalue weighted by Crippen LogP contribution is 2.12. The van der Waals surface area contributed by atoms with Crippen LogP contribution in [0.25, 0.3) is 10.8 Å². The Morgan fingerprint density at radius 2 is 1.91 bits per heavy atom. The van der Waals surface area contributed by atoms with Crippen LogP contribution in [-0.2, 0) is 7.05 Å². The Morgan fingerprint density at radius 1 is 1.23 bits per heavy atom. The van der Waals surface area contributed by atoms with Crippen molar-refractivity contribution in [2.75, 3.05) is 26.2 Å². The van der Waals surface area contributed by atoms with Gasteiger partial charge in [0.15, 0.2) is 5.69 Å². The van der Waals surface area contributed by atoms with Gasteiger partial charge in [-0.05, 0) is 32.0 Å². The second kappa shape index (κ2) is 6.27. The molecule has 2 heterocycles. The van der Waals surface area contributed by atoms with Gasteiger partial charge < -0.3 is 10.2 Å². The lowest BCUT2D eigenvalue weighted by Crippen LogP contribution is -2.35. The fourth-order valence-corrected chi connectivity index (χ4v) is 2.88. The van der Waals surface area contributed by atoms with E-state index >= 15 is 0 Å². The van der Waals surface area contributed by atoms with Gasteiger partial charge in [-0.25, -0.2) is 4.68 Å². The van der Waals surface area contributed by atoms with Crippen LogP contribution in [0.3, 0.4) is 0 Å². The van der Waals surface area contributed by atoms with Gasteiger partial charge in [0.2, 0.25) is 0 Å². The fraction of sp³-hybridized carbons (Fsp3) is 0.438. The number of carbonyl (C=O) groups excluding carboxylic acids is 1. The van der Waals surface area contributed by atoms with Crippen molar-refractivity contribution in [1.82, 2.24) is 20.0 Å². The van der Waals surface area contributed by atoms with E-state index in [0.717, 1.165) is 19.6 Å². The van der Waals surface area contributed by atoms with Crippen molar-refractivity contribution in [1.29, 1.82) is 0 Å². The number of nitrogens with one attached hydrogen (secondary N) is 1. The molecule has 1 N–H and O–H groups in total. The fourth-order valence-electron chi connectivity index (χ4n) is 2.88. The Labute approximate surface area is 128 Å². The first-order valence-corrected chi connectivity index (χ1v) is 7.63. The molecule has 1 aromatic carbocycles. The molecule has 116 valence electrons. The number of aryl methyl sites for hydroxylation is 1. The van der Waals surface area contributed by atoms with Crippen LogP contribution in [0.2, 0.25) is 0 Å². The summed E-state index contributed by atoms with van der Waals surface area (Å²) in [5, 5.41) is 8.16. The van der Waals surface area contributed by atoms with Crippen molar-refractivity contribution in [2.45, 2.75) is 12.8 Å². The molecule has 0 radical (unpaired) electrons. The van der Waals surface area contributed by atoms with Gasteiger partial charge in [-0.1, -0.05) is 18.2 Å². The highest BCUT2D eigenvalue weighted by Gasteiger charge is 2.16. The second-order valence-corrected chi connectivity index (χ2v) is 5.63. The van der Waals surface area contributed by atoms with Gasteiger partial charge in [-0.15, -0.1) is 0 Å². The average Bonchev–Trinajstić information content (AvgIpc) is 3.04. The minimum Gasteiger partial charge on any atom is -0.349 e. The standard InChI is InChI=1S/C16H20N4O2/c1-19-16(22)13-7-3-2-6-12(13)14(18-19)15(21)17-8-11-20-9-4-5-10-20/h2-3,6-7H,4-5,8-11H2,1H3,(H,17,21). The molecule has 1 aliphatic rings. The topological polar surface area (TPSA) is 67.2 Å². The van der Waals surface area contributed by atoms with Crippen LogP contribution >= 0.6 is 0 Å². The highest BCUT2D eigenvalue weighted by molar-refractivity contribution is 6.04. The summed E-state index contributed by atoms with van der Waals surface area (Å²) in [6.45, 7) is 3.67. The quantitative estimate of drug-likeness (QED) is 0.905. The van der Waals surface area contributed by atoms with Crippen molar-refractivity contribution in [3.05, 3.63) is 40.3 Å². The van der Waals surface area contributed by atoms with Crippen LogP contribution in [0.15, 0.2) is 29.1 Å². The van der Waals surface area contributed by atoms with E-state index in [4.69, 9.17) is 0 Å². The highest BCUT2D eigenvalue weighted by atomic mass is 16.2. The predicted molar refractivity (Wildman–Crippen MR) is 85.0 cm³/mol. The number of fused-ring (bicyclic) bond motifs is 1. The summed E-state index contributed by atoms with van der Waals surface area (Å²) in [6.07, 6.45) is 2.47. The first-order chi connectivity index (χ1) is 10.7. The average molecular weight is 300 g/mol. The summed E-state index contributed by atoms with van der Waals surface area (Å²) in [7, 11) is 1.57. The Morgan fingerprint density at radius 3 is 2.64 bits per heavy atom. The molecule has 1 amide bonds. The molecular weight excluding hydrogens is 280 g/mol. The Bertz CT molecular complexity index is 747. The SMILES string of the molecule is Cn1nc(C(=O)NCCN2CCCC2)c2ccccc2c1=O. The van der Waals surface area contributed by atoms with E-state index in [1.807, 2.05) is 6.07 Å². The van der Waals surface area contributed by atoms with E-state index in [2.05, 4.69) is 15.3 Å². The molecule has 0 aliphatic carbocycles. The maximum atomic E-state index is 12.4. The van der Waals surface area contributed by atoms with Gasteiger partial charge in [-0.3, -0.25) is 9.59 Å². The molecule has 1 fully saturated rings. The third-order valence-electron chi connectivity index (χ3n) is 4.08. The molecular formula is C16H20N4O2. The number of rotatable bonds is 4. The molecule has 0 saturated carbocycles. The maximum absolute atomic E-state index is 12.4. The number of nitrogens with zero attached hydrogens (tertiary/aromatic N) is 3. The molecule has 1 aromatic heterocycles. The molecule has 6 heteroatoms. The molecule has 1 saturated heterocycles. The summed E-state index contributed by atoms with van der Waals surface area (Å²) in [4.78, 5) is 26.8. The molecule has 6 nitrogen and oxygen atoms in total. The molecule has 0 bridgehead atoms. The number of likely N-dealkylation sites (tertiary alicyclic amines) is 1. The molecule has 3 rings (SSSR count). The van der Waals surface area contributed by atoms with Gasteiger partial charge in [-0.2, -0.15) is 5.10 Å². The van der Waals surface area contributed by atoms with E-state index in [0.29, 0.717) is 23.0 Å². The number of amides is 1. The normalized spacial score (nSPS) is 15.3. The Balaban J connectivity index is 1.78. The van der Waals surface area contributed by atoms with Crippen LogP contribution in [0.5, 0.6) is 0 Å². The van der Waals surface area contributed by atoms with E-state index in [9.17, 15) is 9.59 Å². The second-order valence-electron chi connectivity index (χ2n) is 5.63. The zero-order valence-corrected chi connectivity index (χ0v) is 12.7. The minimum atomic E-state index is -0.231. The van der Waals surface area contributed by atoms with Crippen LogP contribution in [-0.4, -0.2) is 46.8 Å². The maximum Gasteiger partial charge on any atom is 0.274 e. The minimum absolute atomic E-state index is 0.191. The smallest absolute Gasteiger partial charge is 0.274 e. The zero-order chi connectivity index (χ0) is 15.5. The van der Waals surface area contributed by atoms with E-state index in [-0.39, 0.29) is 11.5 Å². The van der Waals surface area contributed by atoms with Crippen molar-refractivity contribution >= 4 is 16.7 Å². The zero-order valence-electron chi connectivity index (χ0n) is 12.7. The number of hydrogen-bond acceptors (Lipinski definition) is 4. The summed E-state index contributed by atoms with van der Waals surface area (Å²) >= 11 is 0. The lowest BCUT2D eigenvalue weighted by atomic mass is 10.1. The molecule has 1 aliphatic heterocycles. The molecule has 0 unspecified atom stereocenters. The van der Waals surface area contributed by atoms with E-state index in [1.165, 1.54) is 17.5 Å². The molecule has 2 aromatic rings. The van der Waals surface area contributed by atoms with Gasteiger partial charge in [0.25, 0.3) is 11.5 Å². The van der Waals surface area contributed by atoms with Crippen LogP contribution in [0.1, 0.15) is 23.3 Å². The molecule has 22 heavy (non-hydrogen) atoms. The van der Waals surface area contributed by atoms with Crippen molar-refractivity contribution in [3.8, 4) is 0 Å². The van der Waals surface area contributed by atoms with Crippen LogP contribution in [0.4, 0.5) is 0 Å². The van der Waals surface area contributed by atoms with E-state index in [1.54, 1.807) is 25.2 Å². The largest absolute Gasteiger partial charge is 0.349 e. The summed E-state index contributed by atoms with van der Waals surface area (Å²) in [5.74, 6) is -0.231. The lowest BCUT2D eigenvalue weighted by Gasteiger charge is -2.15. The third-order valence-corrected chi connectivity index (χ3v) is 4.08. The van der Waals surface area contributed by atoms with Gasteiger partial charge >= 0.3 is 0 Å². The molecule has 0 spiro atoms. The third kappa shape index (κ3) is 2.87. The van der Waals surface area contributed by atoms with Crippen molar-refractivity contribution in [2.24, 2.45) is 7.05 Å². The lowest BCUT2D eigenvalue weighted by molar-refractivity contribution is 0.0944. The number of aromatic nitrogens is 2. The van der Waals surface area contributed by atoms with E-state index < -0.39 is 0 Å². The van der Waals surface area contributed by atoms with Gasteiger partial charge in [0.05, 0.1) is 5.39 Å². The number of hydrogen-bond donors (Lipinski definition) is 1. The summed E-state index contributed by atoms with van der Waals surface area (Å²) in [5.41, 5.74) is 0.114. The van der Waals surface area contributed by atoms with Gasteiger partial charge in [0.1, 0.15) is 0 Å². The summed E-state index contributed by atoms with van der Waals surface area (Å²) in [6, 6.07) is 7.09. The molecule has 0 atom stereocenters. The number of carbonyl (C=O) groups is 1. The van der Waals surface area contributed by atoms with Crippen molar-refractivity contribution < 1.29 is 4.79 Å². The first kappa shape index (κ1) is 14.7. The monoisotopic (exact) mass is 300 g/mol. The van der Waals surface area contributed by atoms with Crippen molar-refractivity contribution in [3.63, 3.8) is 0 Å². The Hall–Kier alpha value is -2.21. The van der Waals surface area contributed by atoms with Gasteiger partial charge in [0, 0.05) is 25.5 Å².